The van der Waals surface area contributed by atoms with E-state index in [9.17, 15) is 12.8 Å². The number of methoxy groups -OCH3 is 1. The first-order valence-electron chi connectivity index (χ1n) is 5.61. The normalized spacial score (nSPS) is 11.7. The molecule has 108 valence electrons. The van der Waals surface area contributed by atoms with Gasteiger partial charge in [-0.3, -0.25) is 0 Å². The maximum atomic E-state index is 13.7. The van der Waals surface area contributed by atoms with Crippen LogP contribution in [-0.2, 0) is 14.8 Å². The number of ether oxygens (including phenoxy) is 1. The minimum Gasteiger partial charge on any atom is -0.396 e. The van der Waals surface area contributed by atoms with E-state index in [4.69, 9.17) is 22.1 Å². The molecule has 0 aliphatic carbocycles. The third-order valence-corrected chi connectivity index (χ3v) is 4.07. The van der Waals surface area contributed by atoms with Crippen molar-refractivity contribution in [2.24, 2.45) is 0 Å². The average molecular weight is 311 g/mol. The lowest BCUT2D eigenvalue weighted by atomic mass is 10.3. The van der Waals surface area contributed by atoms with E-state index in [2.05, 4.69) is 4.72 Å². The highest BCUT2D eigenvalue weighted by atomic mass is 35.5. The molecule has 0 bridgehead atoms. The molecule has 1 rings (SSSR count). The summed E-state index contributed by atoms with van der Waals surface area (Å²) in [4.78, 5) is -0.538. The van der Waals surface area contributed by atoms with Crippen LogP contribution in [-0.4, -0.2) is 28.7 Å². The van der Waals surface area contributed by atoms with E-state index in [1.165, 1.54) is 0 Å². The summed E-state index contributed by atoms with van der Waals surface area (Å²) in [6.45, 7) is 0.734. The Morgan fingerprint density at radius 3 is 2.74 bits per heavy atom. The lowest BCUT2D eigenvalue weighted by Crippen LogP contribution is -2.26. The van der Waals surface area contributed by atoms with Crippen molar-refractivity contribution < 1.29 is 17.5 Å². The molecular formula is C11H16ClFN2O3S. The molecule has 0 heterocycles. The molecule has 0 atom stereocenters. The molecule has 1 aromatic carbocycles. The van der Waals surface area contributed by atoms with Gasteiger partial charge in [0.25, 0.3) is 0 Å². The molecule has 1 aromatic rings. The van der Waals surface area contributed by atoms with Crippen LogP contribution in [0.2, 0.25) is 5.02 Å². The Labute approximate surface area is 116 Å². The van der Waals surface area contributed by atoms with Gasteiger partial charge in [-0.1, -0.05) is 11.6 Å². The van der Waals surface area contributed by atoms with Crippen molar-refractivity contribution in [3.05, 3.63) is 23.0 Å². The average Bonchev–Trinajstić information content (AvgIpc) is 2.33. The molecule has 8 heteroatoms. The Balaban J connectivity index is 2.78. The zero-order chi connectivity index (χ0) is 14.5. The van der Waals surface area contributed by atoms with E-state index in [1.807, 2.05) is 0 Å². The second-order valence-corrected chi connectivity index (χ2v) is 6.08. The van der Waals surface area contributed by atoms with Crippen LogP contribution < -0.4 is 10.5 Å². The summed E-state index contributed by atoms with van der Waals surface area (Å²) in [6, 6.07) is 2.19. The predicted molar refractivity (Wildman–Crippen MR) is 72.1 cm³/mol. The molecule has 0 amide bonds. The molecule has 0 fully saturated rings. The fourth-order valence-electron chi connectivity index (χ4n) is 1.44. The summed E-state index contributed by atoms with van der Waals surface area (Å²) in [7, 11) is -2.39. The van der Waals surface area contributed by atoms with Crippen molar-refractivity contribution >= 4 is 27.3 Å². The van der Waals surface area contributed by atoms with Gasteiger partial charge < -0.3 is 10.5 Å². The minimum absolute atomic E-state index is 0.0682. The van der Waals surface area contributed by atoms with Gasteiger partial charge in [-0.05, 0) is 25.0 Å². The third kappa shape index (κ3) is 4.61. The van der Waals surface area contributed by atoms with Gasteiger partial charge in [0.15, 0.2) is 5.82 Å². The van der Waals surface area contributed by atoms with E-state index < -0.39 is 20.7 Å². The van der Waals surface area contributed by atoms with E-state index in [0.29, 0.717) is 19.4 Å². The number of benzene rings is 1. The highest BCUT2D eigenvalue weighted by Crippen LogP contribution is 2.25. The van der Waals surface area contributed by atoms with Gasteiger partial charge in [0.05, 0.1) is 5.69 Å². The maximum Gasteiger partial charge on any atom is 0.243 e. The smallest absolute Gasteiger partial charge is 0.243 e. The Hall–Kier alpha value is -0.890. The van der Waals surface area contributed by atoms with Gasteiger partial charge >= 0.3 is 0 Å². The molecule has 0 aromatic heterocycles. The Bertz CT molecular complexity index is 537. The number of anilines is 1. The lowest BCUT2D eigenvalue weighted by molar-refractivity contribution is 0.193. The highest BCUT2D eigenvalue weighted by Gasteiger charge is 2.21. The van der Waals surface area contributed by atoms with Crippen LogP contribution in [0.15, 0.2) is 17.0 Å². The van der Waals surface area contributed by atoms with Crippen molar-refractivity contribution in [1.29, 1.82) is 0 Å². The first kappa shape index (κ1) is 16.2. The minimum atomic E-state index is -3.95. The Morgan fingerprint density at radius 2 is 2.11 bits per heavy atom. The molecule has 0 aliphatic rings. The summed E-state index contributed by atoms with van der Waals surface area (Å²) in [5.74, 6) is -0.992. The maximum absolute atomic E-state index is 13.7. The van der Waals surface area contributed by atoms with Crippen LogP contribution in [0.3, 0.4) is 0 Å². The summed E-state index contributed by atoms with van der Waals surface area (Å²) in [5, 5.41) is 0.0682. The first-order valence-corrected chi connectivity index (χ1v) is 7.47. The summed E-state index contributed by atoms with van der Waals surface area (Å²) < 4.78 is 44.6. The van der Waals surface area contributed by atoms with Gasteiger partial charge in [-0.2, -0.15) is 0 Å². The van der Waals surface area contributed by atoms with Crippen LogP contribution in [0.5, 0.6) is 0 Å². The second kappa shape index (κ2) is 7.04. The summed E-state index contributed by atoms with van der Waals surface area (Å²) in [6.07, 6.45) is 1.30. The number of sulfonamides is 1. The Kier molecular flexibility index (Phi) is 5.99. The molecule has 0 spiro atoms. The quantitative estimate of drug-likeness (QED) is 0.594. The molecule has 0 unspecified atom stereocenters. The van der Waals surface area contributed by atoms with Gasteiger partial charge in [-0.15, -0.1) is 0 Å². The second-order valence-electron chi connectivity index (χ2n) is 3.90. The number of nitrogens with two attached hydrogens (primary N) is 1. The number of rotatable bonds is 7. The number of hydrogen-bond donors (Lipinski definition) is 2. The van der Waals surface area contributed by atoms with Gasteiger partial charge in [0.2, 0.25) is 10.0 Å². The molecule has 19 heavy (non-hydrogen) atoms. The van der Waals surface area contributed by atoms with Crippen molar-refractivity contribution in [3.63, 3.8) is 0 Å². The molecular weight excluding hydrogens is 295 g/mol. The fraction of sp³-hybridized carbons (Fsp3) is 0.455. The van der Waals surface area contributed by atoms with Crippen LogP contribution >= 0.6 is 11.6 Å². The number of unbranched alkanes of at least 4 members (excludes halogenated alkanes) is 1. The highest BCUT2D eigenvalue weighted by molar-refractivity contribution is 7.89. The molecule has 3 N–H and O–H groups in total. The number of halogens is 2. The van der Waals surface area contributed by atoms with Gasteiger partial charge in [0.1, 0.15) is 4.90 Å². The van der Waals surface area contributed by atoms with E-state index in [1.54, 1.807) is 7.11 Å². The van der Waals surface area contributed by atoms with Crippen molar-refractivity contribution in [2.75, 3.05) is 26.0 Å². The van der Waals surface area contributed by atoms with Crippen LogP contribution in [0.4, 0.5) is 10.1 Å². The molecule has 0 aliphatic heterocycles. The molecule has 0 radical (unpaired) electrons. The van der Waals surface area contributed by atoms with Gasteiger partial charge in [0, 0.05) is 25.3 Å². The van der Waals surface area contributed by atoms with Crippen molar-refractivity contribution in [1.82, 2.24) is 4.72 Å². The largest absolute Gasteiger partial charge is 0.396 e. The Morgan fingerprint density at radius 1 is 1.42 bits per heavy atom. The first-order chi connectivity index (χ1) is 8.88. The SMILES string of the molecule is COCCCCNS(=O)(=O)c1cc(Cl)cc(N)c1F. The standard InChI is InChI=1S/C11H16ClFN2O3S/c1-18-5-3-2-4-15-19(16,17)10-7-8(12)6-9(14)11(10)13/h6-7,15H,2-5,14H2,1H3. The zero-order valence-corrected chi connectivity index (χ0v) is 12.0. The van der Waals surface area contributed by atoms with Crippen LogP contribution in [0.25, 0.3) is 0 Å². The number of hydrogen-bond acceptors (Lipinski definition) is 4. The summed E-state index contributed by atoms with van der Waals surface area (Å²) >= 11 is 5.68. The predicted octanol–water partition coefficient (Wildman–Crippen LogP) is 1.77. The van der Waals surface area contributed by atoms with E-state index in [-0.39, 0.29) is 17.3 Å². The number of nitrogen functional groups attached to an aromatic ring is 1. The number of nitrogens with one attached hydrogen (secondary N) is 1. The molecule has 0 saturated carbocycles. The fourth-order valence-corrected chi connectivity index (χ4v) is 2.93. The zero-order valence-electron chi connectivity index (χ0n) is 10.4. The lowest BCUT2D eigenvalue weighted by Gasteiger charge is -2.09. The third-order valence-electron chi connectivity index (χ3n) is 2.39. The molecule has 0 saturated heterocycles. The topological polar surface area (TPSA) is 81.4 Å². The van der Waals surface area contributed by atoms with Crippen molar-refractivity contribution in [2.45, 2.75) is 17.7 Å². The van der Waals surface area contributed by atoms with E-state index in [0.717, 1.165) is 12.1 Å². The van der Waals surface area contributed by atoms with Crippen molar-refractivity contribution in [3.8, 4) is 0 Å². The van der Waals surface area contributed by atoms with Crippen LogP contribution in [0.1, 0.15) is 12.8 Å². The van der Waals surface area contributed by atoms with Crippen LogP contribution in [0, 0.1) is 5.82 Å². The van der Waals surface area contributed by atoms with Gasteiger partial charge in [-0.25, -0.2) is 17.5 Å². The summed E-state index contributed by atoms with van der Waals surface area (Å²) in [5.41, 5.74) is 5.05. The molecule has 5 nitrogen and oxygen atoms in total. The monoisotopic (exact) mass is 310 g/mol. The van der Waals surface area contributed by atoms with E-state index >= 15 is 0 Å².